The van der Waals surface area contributed by atoms with Crippen molar-refractivity contribution in [1.82, 2.24) is 14.9 Å². The number of halogens is 3. The van der Waals surface area contributed by atoms with Crippen LogP contribution in [0.3, 0.4) is 0 Å². The molecule has 0 saturated heterocycles. The molecule has 5 nitrogen and oxygen atoms in total. The lowest BCUT2D eigenvalue weighted by molar-refractivity contribution is -0.141. The quantitative estimate of drug-likeness (QED) is 0.811. The molecule has 21 heavy (non-hydrogen) atoms. The van der Waals surface area contributed by atoms with E-state index in [-0.39, 0.29) is 11.8 Å². The van der Waals surface area contributed by atoms with Gasteiger partial charge in [0, 0.05) is 31.7 Å². The van der Waals surface area contributed by atoms with Crippen LogP contribution in [0.1, 0.15) is 26.5 Å². The highest BCUT2D eigenvalue weighted by Crippen LogP contribution is 2.29. The van der Waals surface area contributed by atoms with Crippen molar-refractivity contribution < 1.29 is 13.2 Å². The molecule has 0 radical (unpaired) electrons. The fourth-order valence-electron chi connectivity index (χ4n) is 1.54. The van der Waals surface area contributed by atoms with Crippen LogP contribution in [0.4, 0.5) is 24.9 Å². The summed E-state index contributed by atoms with van der Waals surface area (Å²) in [5.74, 6) is 0.150. The van der Waals surface area contributed by atoms with Crippen LogP contribution < -0.4 is 10.6 Å². The monoisotopic (exact) mass is 305 g/mol. The highest BCUT2D eigenvalue weighted by Gasteiger charge is 2.33. The molecule has 120 valence electrons. The van der Waals surface area contributed by atoms with Gasteiger partial charge in [0.1, 0.15) is 5.82 Å². The van der Waals surface area contributed by atoms with Crippen LogP contribution in [0.15, 0.2) is 6.07 Å². The fourth-order valence-corrected chi connectivity index (χ4v) is 1.54. The topological polar surface area (TPSA) is 53.1 Å². The van der Waals surface area contributed by atoms with E-state index in [0.29, 0.717) is 25.7 Å². The summed E-state index contributed by atoms with van der Waals surface area (Å²) < 4.78 is 38.4. The highest BCUT2D eigenvalue weighted by atomic mass is 19.4. The van der Waals surface area contributed by atoms with E-state index in [9.17, 15) is 13.2 Å². The molecule has 0 saturated carbocycles. The van der Waals surface area contributed by atoms with Gasteiger partial charge in [-0.2, -0.15) is 18.2 Å². The first-order chi connectivity index (χ1) is 9.74. The second-order valence-corrected chi connectivity index (χ2v) is 4.99. The molecular weight excluding hydrogens is 283 g/mol. The molecule has 1 aromatic heterocycles. The van der Waals surface area contributed by atoms with Crippen LogP contribution in [0.2, 0.25) is 0 Å². The maximum Gasteiger partial charge on any atom is 0.433 e. The van der Waals surface area contributed by atoms with E-state index in [1.54, 1.807) is 6.92 Å². The summed E-state index contributed by atoms with van der Waals surface area (Å²) >= 11 is 0. The van der Waals surface area contributed by atoms with Gasteiger partial charge < -0.3 is 15.5 Å². The zero-order valence-electron chi connectivity index (χ0n) is 12.8. The summed E-state index contributed by atoms with van der Waals surface area (Å²) in [6.07, 6.45) is -4.49. The number of hydrogen-bond donors (Lipinski definition) is 2. The molecule has 0 aliphatic carbocycles. The number of hydrogen-bond acceptors (Lipinski definition) is 5. The SMILES string of the molecule is CCNc1nc(NCCN(C)C(C)C)cc(C(F)(F)F)n1. The van der Waals surface area contributed by atoms with Gasteiger partial charge in [0.15, 0.2) is 5.69 Å². The van der Waals surface area contributed by atoms with Gasteiger partial charge in [-0.15, -0.1) is 0 Å². The number of nitrogens with zero attached hydrogens (tertiary/aromatic N) is 3. The lowest BCUT2D eigenvalue weighted by atomic mass is 10.3. The van der Waals surface area contributed by atoms with Gasteiger partial charge in [-0.3, -0.25) is 0 Å². The van der Waals surface area contributed by atoms with Crippen molar-refractivity contribution in [3.05, 3.63) is 11.8 Å². The average Bonchev–Trinajstić information content (AvgIpc) is 2.37. The summed E-state index contributed by atoms with van der Waals surface area (Å²) in [6, 6.07) is 1.30. The van der Waals surface area contributed by atoms with Gasteiger partial charge in [-0.1, -0.05) is 0 Å². The Bertz CT molecular complexity index is 448. The molecule has 2 N–H and O–H groups in total. The van der Waals surface area contributed by atoms with E-state index < -0.39 is 11.9 Å². The van der Waals surface area contributed by atoms with Crippen LogP contribution in [-0.4, -0.2) is 47.6 Å². The molecule has 0 bridgehead atoms. The Kier molecular flexibility index (Phi) is 6.19. The maximum atomic E-state index is 12.8. The lowest BCUT2D eigenvalue weighted by Crippen LogP contribution is -2.31. The predicted octanol–water partition coefficient (Wildman–Crippen LogP) is 2.68. The maximum absolute atomic E-state index is 12.8. The Morgan fingerprint density at radius 1 is 1.24 bits per heavy atom. The molecule has 0 amide bonds. The molecule has 0 fully saturated rings. The van der Waals surface area contributed by atoms with Gasteiger partial charge in [-0.05, 0) is 27.8 Å². The Balaban J connectivity index is 2.78. The zero-order valence-corrected chi connectivity index (χ0v) is 12.8. The normalized spacial score (nSPS) is 12.0. The average molecular weight is 305 g/mol. The van der Waals surface area contributed by atoms with Gasteiger partial charge in [-0.25, -0.2) is 4.98 Å². The van der Waals surface area contributed by atoms with Crippen LogP contribution in [-0.2, 0) is 6.18 Å². The third-order valence-corrected chi connectivity index (χ3v) is 3.00. The van der Waals surface area contributed by atoms with E-state index in [2.05, 4.69) is 39.3 Å². The summed E-state index contributed by atoms with van der Waals surface area (Å²) in [5, 5.41) is 5.61. The fraction of sp³-hybridized carbons (Fsp3) is 0.692. The summed E-state index contributed by atoms with van der Waals surface area (Å²) in [4.78, 5) is 9.58. The standard InChI is InChI=1S/C13H22F3N5/c1-5-17-12-19-10(13(14,15)16)8-11(20-12)18-6-7-21(4)9(2)3/h8-9H,5-7H2,1-4H3,(H2,17,18,19,20). The van der Waals surface area contributed by atoms with Gasteiger partial charge in [0.2, 0.25) is 5.95 Å². The highest BCUT2D eigenvalue weighted by molar-refractivity contribution is 5.43. The van der Waals surface area contributed by atoms with Crippen LogP contribution in [0.25, 0.3) is 0 Å². The van der Waals surface area contributed by atoms with Crippen LogP contribution in [0.5, 0.6) is 0 Å². The molecule has 0 spiro atoms. The second-order valence-electron chi connectivity index (χ2n) is 4.99. The van der Waals surface area contributed by atoms with Crippen molar-refractivity contribution in [1.29, 1.82) is 0 Å². The molecular formula is C13H22F3N5. The second kappa shape index (κ2) is 7.44. The first-order valence-electron chi connectivity index (χ1n) is 6.88. The van der Waals surface area contributed by atoms with Crippen molar-refractivity contribution in [3.8, 4) is 0 Å². The van der Waals surface area contributed by atoms with E-state index in [1.165, 1.54) is 0 Å². The third kappa shape index (κ3) is 5.74. The van der Waals surface area contributed by atoms with Gasteiger partial charge >= 0.3 is 6.18 Å². The van der Waals surface area contributed by atoms with E-state index >= 15 is 0 Å². The number of alkyl halides is 3. The largest absolute Gasteiger partial charge is 0.433 e. The number of rotatable bonds is 7. The first kappa shape index (κ1) is 17.5. The predicted molar refractivity (Wildman–Crippen MR) is 77.5 cm³/mol. The van der Waals surface area contributed by atoms with Crippen molar-refractivity contribution in [2.24, 2.45) is 0 Å². The molecule has 0 aliphatic rings. The number of anilines is 2. The molecule has 1 heterocycles. The lowest BCUT2D eigenvalue weighted by Gasteiger charge is -2.21. The van der Waals surface area contributed by atoms with Crippen LogP contribution >= 0.6 is 0 Å². The van der Waals surface area contributed by atoms with Gasteiger partial charge in [0.25, 0.3) is 0 Å². The van der Waals surface area contributed by atoms with Gasteiger partial charge in [0.05, 0.1) is 0 Å². The third-order valence-electron chi connectivity index (χ3n) is 3.00. The molecule has 1 aromatic rings. The minimum absolute atomic E-state index is 0.0213. The van der Waals surface area contributed by atoms with Crippen molar-refractivity contribution in [2.45, 2.75) is 33.0 Å². The number of aromatic nitrogens is 2. The van der Waals surface area contributed by atoms with E-state index in [4.69, 9.17) is 0 Å². The van der Waals surface area contributed by atoms with E-state index in [1.807, 2.05) is 7.05 Å². The number of likely N-dealkylation sites (N-methyl/N-ethyl adjacent to an activating group) is 1. The minimum Gasteiger partial charge on any atom is -0.369 e. The molecule has 0 atom stereocenters. The Hall–Kier alpha value is -1.57. The summed E-state index contributed by atoms with van der Waals surface area (Å²) in [5.41, 5.74) is -0.951. The Labute approximate surface area is 123 Å². The molecule has 0 aromatic carbocycles. The van der Waals surface area contributed by atoms with Crippen molar-refractivity contribution in [3.63, 3.8) is 0 Å². The van der Waals surface area contributed by atoms with Crippen molar-refractivity contribution >= 4 is 11.8 Å². The van der Waals surface area contributed by atoms with Crippen molar-refractivity contribution in [2.75, 3.05) is 37.3 Å². The van der Waals surface area contributed by atoms with Crippen LogP contribution in [0, 0.1) is 0 Å². The minimum atomic E-state index is -4.49. The summed E-state index contributed by atoms with van der Waals surface area (Å²) in [6.45, 7) is 7.55. The molecule has 1 rings (SSSR count). The smallest absolute Gasteiger partial charge is 0.369 e. The molecule has 0 aliphatic heterocycles. The van der Waals surface area contributed by atoms with E-state index in [0.717, 1.165) is 6.07 Å². The number of nitrogens with one attached hydrogen (secondary N) is 2. The Morgan fingerprint density at radius 3 is 2.43 bits per heavy atom. The zero-order chi connectivity index (χ0) is 16.0. The molecule has 0 unspecified atom stereocenters. The first-order valence-corrected chi connectivity index (χ1v) is 6.88. The summed E-state index contributed by atoms with van der Waals surface area (Å²) in [7, 11) is 1.96. The Morgan fingerprint density at radius 2 is 1.90 bits per heavy atom. The molecule has 8 heteroatoms.